The molecule has 0 saturated heterocycles. The number of anilines is 1. The molecule has 1 atom stereocenters. The molecule has 1 unspecified atom stereocenters. The van der Waals surface area contributed by atoms with Crippen LogP contribution in [0.3, 0.4) is 0 Å². The first-order valence-electron chi connectivity index (χ1n) is 7.25. The van der Waals surface area contributed by atoms with Crippen LogP contribution in [-0.2, 0) is 14.8 Å². The molecule has 2 aromatic carbocycles. The van der Waals surface area contributed by atoms with Gasteiger partial charge in [-0.3, -0.25) is 9.52 Å². The number of sulfonamides is 1. The Labute approximate surface area is 154 Å². The number of rotatable bonds is 6. The highest BCUT2D eigenvalue weighted by atomic mass is 79.9. The fourth-order valence-electron chi connectivity index (χ4n) is 2.08. The van der Waals surface area contributed by atoms with Crippen LogP contribution in [0.4, 0.5) is 5.69 Å². The summed E-state index contributed by atoms with van der Waals surface area (Å²) in [4.78, 5) is 24.7. The maximum absolute atomic E-state index is 12.3. The number of carbonyl (C=O) groups excluding carboxylic acids is 2. The fraction of sp³-hybridized carbons (Fsp3) is 0.176. The van der Waals surface area contributed by atoms with Crippen LogP contribution in [0.5, 0.6) is 0 Å². The van der Waals surface area contributed by atoms with Gasteiger partial charge >= 0.3 is 5.97 Å². The highest BCUT2D eigenvalue weighted by Gasteiger charge is 2.22. The number of para-hydroxylation sites is 1. The first-order valence-corrected chi connectivity index (χ1v) is 9.93. The Hall–Kier alpha value is -2.19. The first kappa shape index (κ1) is 19.1. The number of hydrogen-bond donors (Lipinski definition) is 1. The SMILES string of the molecule is CC(OC(=O)c1ccccc1NS(C)(=O)=O)C(=O)c1ccc(Br)cc1. The van der Waals surface area contributed by atoms with Gasteiger partial charge < -0.3 is 4.74 Å². The topological polar surface area (TPSA) is 89.5 Å². The van der Waals surface area contributed by atoms with Crippen LogP contribution in [0.25, 0.3) is 0 Å². The van der Waals surface area contributed by atoms with Crippen LogP contribution in [0.2, 0.25) is 0 Å². The zero-order chi connectivity index (χ0) is 18.6. The van der Waals surface area contributed by atoms with Gasteiger partial charge in [0.2, 0.25) is 15.8 Å². The van der Waals surface area contributed by atoms with Crippen LogP contribution in [-0.4, -0.2) is 32.5 Å². The van der Waals surface area contributed by atoms with E-state index in [2.05, 4.69) is 20.7 Å². The molecule has 6 nitrogen and oxygen atoms in total. The maximum atomic E-state index is 12.3. The minimum atomic E-state index is -3.55. The van der Waals surface area contributed by atoms with Crippen LogP contribution in [0.1, 0.15) is 27.6 Å². The monoisotopic (exact) mass is 425 g/mol. The largest absolute Gasteiger partial charge is 0.451 e. The normalized spacial score (nSPS) is 12.3. The average molecular weight is 426 g/mol. The van der Waals surface area contributed by atoms with Gasteiger partial charge in [0.25, 0.3) is 0 Å². The lowest BCUT2D eigenvalue weighted by Gasteiger charge is -2.14. The van der Waals surface area contributed by atoms with E-state index in [0.29, 0.717) is 5.56 Å². The third-order valence-electron chi connectivity index (χ3n) is 3.22. The van der Waals surface area contributed by atoms with Gasteiger partial charge in [-0.25, -0.2) is 13.2 Å². The van der Waals surface area contributed by atoms with Gasteiger partial charge in [-0.1, -0.05) is 40.2 Å². The number of hydrogen-bond acceptors (Lipinski definition) is 5. The molecule has 0 amide bonds. The van der Waals surface area contributed by atoms with Crippen molar-refractivity contribution in [3.63, 3.8) is 0 Å². The first-order chi connectivity index (χ1) is 11.7. The van der Waals surface area contributed by atoms with Crippen molar-refractivity contribution in [3.8, 4) is 0 Å². The minimum absolute atomic E-state index is 0.0309. The third-order valence-corrected chi connectivity index (χ3v) is 4.34. The molecular formula is C17H16BrNO5S. The van der Waals surface area contributed by atoms with Gasteiger partial charge in [0.1, 0.15) is 0 Å². The third kappa shape index (κ3) is 5.40. The van der Waals surface area contributed by atoms with E-state index in [1.807, 2.05) is 0 Å². The second-order valence-corrected chi connectivity index (χ2v) is 8.00. The zero-order valence-corrected chi connectivity index (χ0v) is 15.9. The van der Waals surface area contributed by atoms with Crippen molar-refractivity contribution in [2.45, 2.75) is 13.0 Å². The molecule has 8 heteroatoms. The van der Waals surface area contributed by atoms with Gasteiger partial charge in [0, 0.05) is 10.0 Å². The van der Waals surface area contributed by atoms with Gasteiger partial charge in [-0.15, -0.1) is 0 Å². The molecular weight excluding hydrogens is 410 g/mol. The molecule has 0 bridgehead atoms. The van der Waals surface area contributed by atoms with Gasteiger partial charge in [-0.05, 0) is 31.2 Å². The van der Waals surface area contributed by atoms with Gasteiger partial charge in [-0.2, -0.15) is 0 Å². The number of halogens is 1. The Bertz CT molecular complexity index is 894. The molecule has 25 heavy (non-hydrogen) atoms. The highest BCUT2D eigenvalue weighted by molar-refractivity contribution is 9.10. The van der Waals surface area contributed by atoms with Crippen molar-refractivity contribution < 1.29 is 22.7 Å². The molecule has 132 valence electrons. The lowest BCUT2D eigenvalue weighted by molar-refractivity contribution is 0.0320. The lowest BCUT2D eigenvalue weighted by atomic mass is 10.1. The molecule has 0 aliphatic carbocycles. The summed E-state index contributed by atoms with van der Waals surface area (Å²) in [6.45, 7) is 1.47. The summed E-state index contributed by atoms with van der Waals surface area (Å²) in [6.07, 6.45) is -0.0330. The Balaban J connectivity index is 2.16. The van der Waals surface area contributed by atoms with E-state index in [1.165, 1.54) is 19.1 Å². The Kier molecular flexibility index (Phi) is 5.97. The Morgan fingerprint density at radius 3 is 2.28 bits per heavy atom. The summed E-state index contributed by atoms with van der Waals surface area (Å²) in [5.41, 5.74) is 0.535. The number of ether oxygens (including phenoxy) is 1. The lowest BCUT2D eigenvalue weighted by Crippen LogP contribution is -2.25. The molecule has 0 radical (unpaired) electrons. The fourth-order valence-corrected chi connectivity index (χ4v) is 2.92. The van der Waals surface area contributed by atoms with E-state index in [4.69, 9.17) is 4.74 Å². The van der Waals surface area contributed by atoms with E-state index < -0.39 is 22.1 Å². The predicted octanol–water partition coefficient (Wildman–Crippen LogP) is 3.25. The number of benzene rings is 2. The molecule has 0 saturated carbocycles. The molecule has 0 spiro atoms. The summed E-state index contributed by atoms with van der Waals surface area (Å²) < 4.78 is 31.1. The number of nitrogens with one attached hydrogen (secondary N) is 1. The van der Waals surface area contributed by atoms with Crippen molar-refractivity contribution in [2.24, 2.45) is 0 Å². The van der Waals surface area contributed by atoms with E-state index in [1.54, 1.807) is 36.4 Å². The van der Waals surface area contributed by atoms with E-state index in [9.17, 15) is 18.0 Å². The van der Waals surface area contributed by atoms with E-state index in [-0.39, 0.29) is 17.0 Å². The summed E-state index contributed by atoms with van der Waals surface area (Å²) in [5.74, 6) is -1.14. The second-order valence-electron chi connectivity index (χ2n) is 5.34. The smallest absolute Gasteiger partial charge is 0.340 e. The van der Waals surface area contributed by atoms with Crippen LogP contribution in [0, 0.1) is 0 Å². The van der Waals surface area contributed by atoms with E-state index >= 15 is 0 Å². The molecule has 2 aromatic rings. The van der Waals surface area contributed by atoms with Crippen LogP contribution < -0.4 is 4.72 Å². The van der Waals surface area contributed by atoms with Crippen molar-refractivity contribution in [1.82, 2.24) is 0 Å². The molecule has 0 aliphatic heterocycles. The maximum Gasteiger partial charge on any atom is 0.340 e. The van der Waals surface area contributed by atoms with E-state index in [0.717, 1.165) is 10.7 Å². The van der Waals surface area contributed by atoms with Gasteiger partial charge in [0.05, 0.1) is 17.5 Å². The minimum Gasteiger partial charge on any atom is -0.451 e. The number of esters is 1. The molecule has 0 aliphatic rings. The molecule has 0 aromatic heterocycles. The predicted molar refractivity (Wildman–Crippen MR) is 98.3 cm³/mol. The zero-order valence-electron chi connectivity index (χ0n) is 13.5. The summed E-state index contributed by atoms with van der Waals surface area (Å²) in [7, 11) is -3.55. The Morgan fingerprint density at radius 1 is 1.08 bits per heavy atom. The highest BCUT2D eigenvalue weighted by Crippen LogP contribution is 2.19. The number of Topliss-reactive ketones (excluding diaryl/α,β-unsaturated/α-hetero) is 1. The average Bonchev–Trinajstić information content (AvgIpc) is 2.53. The Morgan fingerprint density at radius 2 is 1.68 bits per heavy atom. The van der Waals surface area contributed by atoms with Crippen LogP contribution >= 0.6 is 15.9 Å². The second kappa shape index (κ2) is 7.79. The van der Waals surface area contributed by atoms with Crippen molar-refractivity contribution in [2.75, 3.05) is 11.0 Å². The molecule has 2 rings (SSSR count). The van der Waals surface area contributed by atoms with Gasteiger partial charge in [0.15, 0.2) is 6.10 Å². The summed E-state index contributed by atoms with van der Waals surface area (Å²) in [5, 5.41) is 0. The molecule has 0 fully saturated rings. The summed E-state index contributed by atoms with van der Waals surface area (Å²) >= 11 is 3.28. The standard InChI is InChI=1S/C17H16BrNO5S/c1-11(16(20)12-7-9-13(18)10-8-12)24-17(21)14-5-3-4-6-15(14)19-25(2,22)23/h3-11,19H,1-2H3. The number of ketones is 1. The number of carbonyl (C=O) groups is 2. The molecule has 1 N–H and O–H groups in total. The van der Waals surface area contributed by atoms with Crippen molar-refractivity contribution >= 4 is 43.4 Å². The quantitative estimate of drug-likeness (QED) is 0.566. The van der Waals surface area contributed by atoms with Crippen molar-refractivity contribution in [3.05, 3.63) is 64.1 Å². The summed E-state index contributed by atoms with van der Waals surface area (Å²) in [6, 6.07) is 12.7. The van der Waals surface area contributed by atoms with Crippen LogP contribution in [0.15, 0.2) is 53.0 Å². The van der Waals surface area contributed by atoms with Crippen molar-refractivity contribution in [1.29, 1.82) is 0 Å². The molecule has 0 heterocycles.